The van der Waals surface area contributed by atoms with Gasteiger partial charge in [-0.1, -0.05) is 127 Å². The van der Waals surface area contributed by atoms with Crippen molar-refractivity contribution in [2.45, 2.75) is 6.92 Å². The predicted molar refractivity (Wildman–Crippen MR) is 166 cm³/mol. The lowest BCUT2D eigenvalue weighted by atomic mass is 9.85. The van der Waals surface area contributed by atoms with Gasteiger partial charge < -0.3 is 0 Å². The largest absolute Gasteiger partial charge is 0.261 e. The lowest BCUT2D eigenvalue weighted by Crippen LogP contribution is -1.91. The van der Waals surface area contributed by atoms with Gasteiger partial charge in [0.1, 0.15) is 0 Å². The number of hydrogen-bond donors (Lipinski definition) is 0. The summed E-state index contributed by atoms with van der Waals surface area (Å²) < 4.78 is 0. The van der Waals surface area contributed by atoms with Crippen molar-refractivity contribution in [3.05, 3.63) is 151 Å². The van der Waals surface area contributed by atoms with Crippen LogP contribution in [0.4, 0.5) is 0 Å². The van der Waals surface area contributed by atoms with Gasteiger partial charge in [-0.15, -0.1) is 0 Å². The number of rotatable bonds is 4. The van der Waals surface area contributed by atoms with E-state index in [1.54, 1.807) is 0 Å². The zero-order chi connectivity index (χ0) is 26.2. The molecule has 0 aliphatic heterocycles. The number of fused-ring (bicyclic) bond motifs is 2. The van der Waals surface area contributed by atoms with Crippen molar-refractivity contribution in [3.8, 4) is 44.5 Å². The molecule has 0 fully saturated rings. The first-order valence-electron chi connectivity index (χ1n) is 13.4. The van der Waals surface area contributed by atoms with Gasteiger partial charge in [-0.3, -0.25) is 4.98 Å². The average molecular weight is 498 g/mol. The fourth-order valence-corrected chi connectivity index (χ4v) is 5.68. The van der Waals surface area contributed by atoms with E-state index in [1.165, 1.54) is 60.5 Å². The van der Waals surface area contributed by atoms with Crippen LogP contribution in [0.2, 0.25) is 0 Å². The maximum atomic E-state index is 4.47. The molecule has 1 aromatic heterocycles. The number of aryl methyl sites for hydroxylation is 1. The smallest absolute Gasteiger partial charge is 0.0373 e. The highest BCUT2D eigenvalue weighted by Crippen LogP contribution is 2.44. The summed E-state index contributed by atoms with van der Waals surface area (Å²) in [4.78, 5) is 4.47. The minimum absolute atomic E-state index is 1.03. The van der Waals surface area contributed by atoms with Crippen molar-refractivity contribution in [2.75, 3.05) is 0 Å². The van der Waals surface area contributed by atoms with E-state index in [0.29, 0.717) is 0 Å². The molecule has 0 unspecified atom stereocenters. The predicted octanol–water partition coefficient (Wildman–Crippen LogP) is 10.4. The number of aromatic nitrogens is 1. The van der Waals surface area contributed by atoms with Gasteiger partial charge in [0.25, 0.3) is 0 Å². The molecule has 184 valence electrons. The number of pyridine rings is 1. The SMILES string of the molecule is Cc1ccc(-c2ccc(-c3ccc4c(-c5ccccc5)c5ccccc5c(-c5ccccc5)c4c3)cc2)cn1. The fraction of sp³-hybridized carbons (Fsp3) is 0.0263. The Bertz CT molecular complexity index is 1920. The van der Waals surface area contributed by atoms with E-state index >= 15 is 0 Å². The quantitative estimate of drug-likeness (QED) is 0.220. The Hall–Kier alpha value is -5.01. The maximum absolute atomic E-state index is 4.47. The van der Waals surface area contributed by atoms with Crippen LogP contribution in [-0.4, -0.2) is 4.98 Å². The van der Waals surface area contributed by atoms with E-state index in [-0.39, 0.29) is 0 Å². The molecular formula is C38H27N. The zero-order valence-corrected chi connectivity index (χ0v) is 21.8. The molecule has 1 heteroatoms. The van der Waals surface area contributed by atoms with Gasteiger partial charge in [-0.2, -0.15) is 0 Å². The van der Waals surface area contributed by atoms with Crippen molar-refractivity contribution < 1.29 is 0 Å². The fourth-order valence-electron chi connectivity index (χ4n) is 5.68. The molecule has 1 nitrogen and oxygen atoms in total. The molecule has 0 radical (unpaired) electrons. The minimum atomic E-state index is 1.03. The maximum Gasteiger partial charge on any atom is 0.0373 e. The van der Waals surface area contributed by atoms with Gasteiger partial charge in [0.2, 0.25) is 0 Å². The summed E-state index contributed by atoms with van der Waals surface area (Å²) in [5, 5.41) is 5.08. The summed E-state index contributed by atoms with van der Waals surface area (Å²) in [7, 11) is 0. The molecule has 0 saturated carbocycles. The number of nitrogens with zero attached hydrogens (tertiary/aromatic N) is 1. The van der Waals surface area contributed by atoms with E-state index < -0.39 is 0 Å². The second-order valence-electron chi connectivity index (χ2n) is 10.1. The molecular weight excluding hydrogens is 470 g/mol. The molecule has 7 aromatic rings. The van der Waals surface area contributed by atoms with E-state index in [0.717, 1.165) is 11.3 Å². The molecule has 0 spiro atoms. The Balaban J connectivity index is 1.48. The summed E-state index contributed by atoms with van der Waals surface area (Å²) in [5.41, 5.74) is 10.8. The van der Waals surface area contributed by atoms with Crippen LogP contribution in [0.25, 0.3) is 66.1 Å². The molecule has 39 heavy (non-hydrogen) atoms. The molecule has 0 bridgehead atoms. The van der Waals surface area contributed by atoms with E-state index in [9.17, 15) is 0 Å². The Morgan fingerprint density at radius 3 is 1.38 bits per heavy atom. The van der Waals surface area contributed by atoms with Crippen molar-refractivity contribution in [1.82, 2.24) is 4.98 Å². The van der Waals surface area contributed by atoms with Crippen molar-refractivity contribution in [3.63, 3.8) is 0 Å². The van der Waals surface area contributed by atoms with Crippen LogP contribution in [0.3, 0.4) is 0 Å². The monoisotopic (exact) mass is 497 g/mol. The lowest BCUT2D eigenvalue weighted by molar-refractivity contribution is 1.20. The summed E-state index contributed by atoms with van der Waals surface area (Å²) in [6, 6.07) is 50.4. The van der Waals surface area contributed by atoms with E-state index in [2.05, 4.69) is 145 Å². The Morgan fingerprint density at radius 1 is 0.359 bits per heavy atom. The lowest BCUT2D eigenvalue weighted by Gasteiger charge is -2.18. The Morgan fingerprint density at radius 2 is 0.821 bits per heavy atom. The molecule has 0 amide bonds. The third-order valence-electron chi connectivity index (χ3n) is 7.61. The van der Waals surface area contributed by atoms with Crippen molar-refractivity contribution in [1.29, 1.82) is 0 Å². The molecule has 0 aliphatic rings. The minimum Gasteiger partial charge on any atom is -0.261 e. The molecule has 6 aromatic carbocycles. The first-order chi connectivity index (χ1) is 19.3. The highest BCUT2D eigenvalue weighted by molar-refractivity contribution is 6.21. The standard InChI is InChI=1S/C38H27N/c1-26-16-17-32(25-39-26)28-20-18-27(19-21-28)31-22-23-35-36(24-31)38(30-12-6-3-7-13-30)34-15-9-8-14-33(34)37(35)29-10-4-2-5-11-29/h2-25H,1H3. The number of hydrogen-bond acceptors (Lipinski definition) is 1. The molecule has 1 heterocycles. The van der Waals surface area contributed by atoms with Gasteiger partial charge in [0, 0.05) is 17.5 Å². The van der Waals surface area contributed by atoms with Crippen LogP contribution < -0.4 is 0 Å². The third-order valence-corrected chi connectivity index (χ3v) is 7.61. The van der Waals surface area contributed by atoms with Crippen LogP contribution in [-0.2, 0) is 0 Å². The van der Waals surface area contributed by atoms with Crippen LogP contribution in [0, 0.1) is 6.92 Å². The highest BCUT2D eigenvalue weighted by atomic mass is 14.7. The third kappa shape index (κ3) is 4.19. The zero-order valence-electron chi connectivity index (χ0n) is 21.8. The van der Waals surface area contributed by atoms with Gasteiger partial charge in [-0.25, -0.2) is 0 Å². The van der Waals surface area contributed by atoms with Crippen LogP contribution >= 0.6 is 0 Å². The summed E-state index contributed by atoms with van der Waals surface area (Å²) in [6.45, 7) is 2.02. The second-order valence-corrected chi connectivity index (χ2v) is 10.1. The summed E-state index contributed by atoms with van der Waals surface area (Å²) in [6.07, 6.45) is 1.95. The molecule has 0 atom stereocenters. The van der Waals surface area contributed by atoms with Crippen LogP contribution in [0.1, 0.15) is 5.69 Å². The second kappa shape index (κ2) is 9.70. The normalized spacial score (nSPS) is 11.2. The summed E-state index contributed by atoms with van der Waals surface area (Å²) >= 11 is 0. The molecule has 7 rings (SSSR count). The highest BCUT2D eigenvalue weighted by Gasteiger charge is 2.17. The van der Waals surface area contributed by atoms with Crippen LogP contribution in [0.5, 0.6) is 0 Å². The first-order valence-corrected chi connectivity index (χ1v) is 13.4. The average Bonchev–Trinajstić information content (AvgIpc) is 3.01. The van der Waals surface area contributed by atoms with E-state index in [4.69, 9.17) is 0 Å². The van der Waals surface area contributed by atoms with Crippen LogP contribution in [0.15, 0.2) is 146 Å². The Labute approximate surface area is 229 Å². The van der Waals surface area contributed by atoms with Gasteiger partial charge in [0.15, 0.2) is 0 Å². The van der Waals surface area contributed by atoms with Crippen molar-refractivity contribution >= 4 is 21.5 Å². The molecule has 0 N–H and O–H groups in total. The number of benzene rings is 6. The van der Waals surface area contributed by atoms with Gasteiger partial charge in [0.05, 0.1) is 0 Å². The first kappa shape index (κ1) is 23.1. The topological polar surface area (TPSA) is 12.9 Å². The van der Waals surface area contributed by atoms with Gasteiger partial charge in [-0.05, 0) is 79.5 Å². The summed E-state index contributed by atoms with van der Waals surface area (Å²) in [5.74, 6) is 0. The van der Waals surface area contributed by atoms with E-state index in [1.807, 2.05) is 13.1 Å². The van der Waals surface area contributed by atoms with Gasteiger partial charge >= 0.3 is 0 Å². The van der Waals surface area contributed by atoms with Crippen molar-refractivity contribution in [2.24, 2.45) is 0 Å². The Kier molecular flexibility index (Phi) is 5.75. The molecule has 0 aliphatic carbocycles. The molecule has 0 saturated heterocycles.